The summed E-state index contributed by atoms with van der Waals surface area (Å²) in [5, 5.41) is 14.5. The number of carbonyl (C=O) groups excluding carboxylic acids is 1. The van der Waals surface area contributed by atoms with Crippen molar-refractivity contribution in [3.8, 4) is 0 Å². The van der Waals surface area contributed by atoms with E-state index in [9.17, 15) is 19.5 Å². The van der Waals surface area contributed by atoms with Crippen LogP contribution in [-0.2, 0) is 16.8 Å². The normalized spacial score (nSPS) is 12.1. The largest absolute Gasteiger partial charge is 0.481 e. The van der Waals surface area contributed by atoms with Crippen LogP contribution in [0.15, 0.2) is 71.7 Å². The van der Waals surface area contributed by atoms with Gasteiger partial charge >= 0.3 is 12.0 Å². The standard InChI is InChI=1S/C27H31N3O4/c1-18-7-11-20(12-8-18)23(16-24(31)32)29-26(34)28-22-6-5-15-30(25(22)33)17-19-9-13-21(14-10-19)27(2,3)4/h5-15,23H,16-17H2,1-4H3,(H,31,32)(H2,28,29,34)/t23-/m0/s1. The topological polar surface area (TPSA) is 100 Å². The fraction of sp³-hybridized carbons (Fsp3) is 0.296. The van der Waals surface area contributed by atoms with E-state index in [2.05, 4.69) is 43.5 Å². The molecule has 7 heteroatoms. The van der Waals surface area contributed by atoms with Gasteiger partial charge in [-0.3, -0.25) is 9.59 Å². The number of hydrogen-bond donors (Lipinski definition) is 3. The Kier molecular flexibility index (Phi) is 7.56. The molecule has 7 nitrogen and oxygen atoms in total. The summed E-state index contributed by atoms with van der Waals surface area (Å²) in [5.74, 6) is -1.04. The minimum absolute atomic E-state index is 0.0453. The van der Waals surface area contributed by atoms with Crippen molar-refractivity contribution in [3.63, 3.8) is 0 Å². The molecule has 3 N–H and O–H groups in total. The van der Waals surface area contributed by atoms with Crippen LogP contribution in [0.2, 0.25) is 0 Å². The summed E-state index contributed by atoms with van der Waals surface area (Å²) in [6, 6.07) is 17.2. The Labute approximate surface area is 199 Å². The highest BCUT2D eigenvalue weighted by Gasteiger charge is 2.19. The number of benzene rings is 2. The monoisotopic (exact) mass is 461 g/mol. The number of carboxylic acid groups (broad SMARTS) is 1. The number of anilines is 1. The highest BCUT2D eigenvalue weighted by molar-refractivity contribution is 5.89. The predicted molar refractivity (Wildman–Crippen MR) is 133 cm³/mol. The molecule has 1 atom stereocenters. The van der Waals surface area contributed by atoms with E-state index in [0.717, 1.165) is 11.1 Å². The number of carbonyl (C=O) groups is 2. The Balaban J connectivity index is 1.73. The summed E-state index contributed by atoms with van der Waals surface area (Å²) in [4.78, 5) is 36.9. The van der Waals surface area contributed by atoms with Gasteiger partial charge < -0.3 is 20.3 Å². The van der Waals surface area contributed by atoms with Crippen LogP contribution < -0.4 is 16.2 Å². The molecule has 178 valence electrons. The second-order valence-corrected chi connectivity index (χ2v) is 9.46. The zero-order valence-electron chi connectivity index (χ0n) is 20.0. The van der Waals surface area contributed by atoms with Crippen molar-refractivity contribution >= 4 is 17.7 Å². The highest BCUT2D eigenvalue weighted by Crippen LogP contribution is 2.22. The number of aryl methyl sites for hydroxylation is 1. The van der Waals surface area contributed by atoms with Gasteiger partial charge in [-0.05, 0) is 41.2 Å². The average Bonchev–Trinajstić information content (AvgIpc) is 2.76. The Morgan fingerprint density at radius 1 is 1.00 bits per heavy atom. The zero-order chi connectivity index (χ0) is 24.9. The molecule has 0 aliphatic heterocycles. The van der Waals surface area contributed by atoms with Crippen LogP contribution in [-0.4, -0.2) is 21.7 Å². The summed E-state index contributed by atoms with van der Waals surface area (Å²) in [6.07, 6.45) is 1.39. The van der Waals surface area contributed by atoms with Gasteiger partial charge in [0.1, 0.15) is 5.69 Å². The van der Waals surface area contributed by atoms with Crippen molar-refractivity contribution in [3.05, 3.63) is 99.5 Å². The number of hydrogen-bond acceptors (Lipinski definition) is 3. The minimum Gasteiger partial charge on any atom is -0.481 e. The molecule has 0 saturated heterocycles. The number of carboxylic acids is 1. The summed E-state index contributed by atoms with van der Waals surface area (Å²) in [6.45, 7) is 8.73. The fourth-order valence-electron chi connectivity index (χ4n) is 3.61. The second-order valence-electron chi connectivity index (χ2n) is 9.46. The van der Waals surface area contributed by atoms with Crippen molar-refractivity contribution in [2.24, 2.45) is 0 Å². The first kappa shape index (κ1) is 24.8. The number of pyridine rings is 1. The van der Waals surface area contributed by atoms with Crippen molar-refractivity contribution in [2.75, 3.05) is 5.32 Å². The molecule has 0 saturated carbocycles. The predicted octanol–water partition coefficient (Wildman–Crippen LogP) is 4.84. The minimum atomic E-state index is -1.04. The molecule has 2 amide bonds. The number of nitrogens with one attached hydrogen (secondary N) is 2. The lowest BCUT2D eigenvalue weighted by atomic mass is 9.87. The molecule has 1 aromatic heterocycles. The van der Waals surface area contributed by atoms with Crippen molar-refractivity contribution < 1.29 is 14.7 Å². The van der Waals surface area contributed by atoms with E-state index < -0.39 is 18.0 Å². The first-order valence-corrected chi connectivity index (χ1v) is 11.2. The molecular weight excluding hydrogens is 430 g/mol. The fourth-order valence-corrected chi connectivity index (χ4v) is 3.61. The molecule has 0 unspecified atom stereocenters. The number of rotatable bonds is 7. The molecule has 0 aliphatic rings. The number of aromatic nitrogens is 1. The molecule has 34 heavy (non-hydrogen) atoms. The van der Waals surface area contributed by atoms with Crippen LogP contribution in [0.3, 0.4) is 0 Å². The molecule has 2 aromatic carbocycles. The van der Waals surface area contributed by atoms with Crippen molar-refractivity contribution in [2.45, 2.75) is 52.1 Å². The van der Waals surface area contributed by atoms with Crippen LogP contribution in [0.1, 0.15) is 55.5 Å². The molecule has 0 bridgehead atoms. The van der Waals surface area contributed by atoms with Gasteiger partial charge in [-0.15, -0.1) is 0 Å². The summed E-state index contributed by atoms with van der Waals surface area (Å²) in [5.41, 5.74) is 3.70. The lowest BCUT2D eigenvalue weighted by Gasteiger charge is -2.19. The number of aliphatic carboxylic acids is 1. The highest BCUT2D eigenvalue weighted by atomic mass is 16.4. The molecule has 3 rings (SSSR count). The first-order valence-electron chi connectivity index (χ1n) is 11.2. The maximum atomic E-state index is 12.9. The maximum Gasteiger partial charge on any atom is 0.319 e. The van der Waals surface area contributed by atoms with E-state index >= 15 is 0 Å². The molecular formula is C27H31N3O4. The van der Waals surface area contributed by atoms with Gasteiger partial charge in [-0.2, -0.15) is 0 Å². The zero-order valence-corrected chi connectivity index (χ0v) is 20.0. The third-order valence-electron chi connectivity index (χ3n) is 5.61. The van der Waals surface area contributed by atoms with Crippen LogP contribution in [0, 0.1) is 6.92 Å². The molecule has 3 aromatic rings. The number of urea groups is 1. The van der Waals surface area contributed by atoms with E-state index in [4.69, 9.17) is 0 Å². The van der Waals surface area contributed by atoms with Crippen LogP contribution in [0.25, 0.3) is 0 Å². The maximum absolute atomic E-state index is 12.9. The quantitative estimate of drug-likeness (QED) is 0.469. The van der Waals surface area contributed by atoms with Gasteiger partial charge in [0, 0.05) is 6.20 Å². The molecule has 0 fully saturated rings. The first-order chi connectivity index (χ1) is 16.0. The number of amides is 2. The molecule has 0 spiro atoms. The second kappa shape index (κ2) is 10.4. The van der Waals surface area contributed by atoms with E-state index in [1.165, 1.54) is 16.2 Å². The van der Waals surface area contributed by atoms with E-state index in [1.54, 1.807) is 24.4 Å². The SMILES string of the molecule is Cc1ccc([C@H](CC(=O)O)NC(=O)Nc2cccn(Cc3ccc(C(C)(C)C)cc3)c2=O)cc1. The van der Waals surface area contributed by atoms with Crippen LogP contribution in [0.4, 0.5) is 10.5 Å². The third kappa shape index (κ3) is 6.57. The summed E-state index contributed by atoms with van der Waals surface area (Å²) >= 11 is 0. The van der Waals surface area contributed by atoms with Crippen LogP contribution >= 0.6 is 0 Å². The van der Waals surface area contributed by atoms with Gasteiger partial charge in [-0.25, -0.2) is 4.79 Å². The Bertz CT molecular complexity index is 1210. The Hall–Kier alpha value is -3.87. The smallest absolute Gasteiger partial charge is 0.319 e. The van der Waals surface area contributed by atoms with E-state index in [1.807, 2.05) is 31.2 Å². The molecule has 0 radical (unpaired) electrons. The summed E-state index contributed by atoms with van der Waals surface area (Å²) < 4.78 is 1.52. The van der Waals surface area contributed by atoms with Gasteiger partial charge in [0.2, 0.25) is 0 Å². The van der Waals surface area contributed by atoms with Gasteiger partial charge in [0.15, 0.2) is 0 Å². The molecule has 1 heterocycles. The van der Waals surface area contributed by atoms with Crippen molar-refractivity contribution in [1.82, 2.24) is 9.88 Å². The van der Waals surface area contributed by atoms with E-state index in [0.29, 0.717) is 12.1 Å². The Morgan fingerprint density at radius 2 is 1.65 bits per heavy atom. The molecule has 0 aliphatic carbocycles. The van der Waals surface area contributed by atoms with Gasteiger partial charge in [0.05, 0.1) is 19.0 Å². The number of nitrogens with zero attached hydrogens (tertiary/aromatic N) is 1. The summed E-state index contributed by atoms with van der Waals surface area (Å²) in [7, 11) is 0. The third-order valence-corrected chi connectivity index (χ3v) is 5.61. The van der Waals surface area contributed by atoms with Gasteiger partial charge in [-0.1, -0.05) is 74.9 Å². The van der Waals surface area contributed by atoms with E-state index in [-0.39, 0.29) is 23.1 Å². The lowest BCUT2D eigenvalue weighted by Crippen LogP contribution is -2.36. The van der Waals surface area contributed by atoms with Crippen LogP contribution in [0.5, 0.6) is 0 Å². The van der Waals surface area contributed by atoms with Crippen molar-refractivity contribution in [1.29, 1.82) is 0 Å². The Morgan fingerprint density at radius 3 is 2.24 bits per heavy atom. The average molecular weight is 462 g/mol. The lowest BCUT2D eigenvalue weighted by molar-refractivity contribution is -0.137. The van der Waals surface area contributed by atoms with Gasteiger partial charge in [0.25, 0.3) is 5.56 Å².